The van der Waals surface area contributed by atoms with Crippen LogP contribution in [-0.4, -0.2) is 47.5 Å². The molecule has 1 unspecified atom stereocenters. The Labute approximate surface area is 464 Å². The van der Waals surface area contributed by atoms with Gasteiger partial charge in [-0.3, -0.25) is 15.0 Å². The van der Waals surface area contributed by atoms with Gasteiger partial charge in [0.2, 0.25) is 0 Å². The first-order chi connectivity index (χ1) is 38.4. The second-order valence-electron chi connectivity index (χ2n) is 23.6. The highest BCUT2D eigenvalue weighted by molar-refractivity contribution is 6.12. The van der Waals surface area contributed by atoms with Crippen LogP contribution < -0.4 is 10.9 Å². The highest BCUT2D eigenvalue weighted by Crippen LogP contribution is 2.59. The van der Waals surface area contributed by atoms with Crippen molar-refractivity contribution in [2.24, 2.45) is 4.99 Å². The third kappa shape index (κ3) is 7.79. The van der Waals surface area contributed by atoms with E-state index in [-0.39, 0.29) is 33.4 Å². The van der Waals surface area contributed by atoms with Crippen molar-refractivity contribution in [1.82, 2.24) is 28.8 Å². The highest BCUT2D eigenvalue weighted by Gasteiger charge is 2.54. The summed E-state index contributed by atoms with van der Waals surface area (Å²) in [5.74, 6) is 2.16. The number of nitrogens with one attached hydrogen (secondary N) is 1. The molecule has 0 spiro atoms. The summed E-state index contributed by atoms with van der Waals surface area (Å²) in [5, 5.41) is 12.4. The summed E-state index contributed by atoms with van der Waals surface area (Å²) in [6.07, 6.45) is 0. The third-order valence-electron chi connectivity index (χ3n) is 16.8. The first-order valence-corrected chi connectivity index (χ1v) is 27.4. The number of amidine groups is 2. The minimum Gasteiger partial charge on any atom is -0.348 e. The number of likely N-dealkylation sites (N-methyl/N-ethyl adjacent to an activating group) is 1. The largest absolute Gasteiger partial charge is 0.348 e. The molecule has 0 saturated carbocycles. The van der Waals surface area contributed by atoms with Crippen LogP contribution in [0.15, 0.2) is 203 Å². The van der Waals surface area contributed by atoms with E-state index in [2.05, 4.69) is 107 Å². The predicted molar refractivity (Wildman–Crippen MR) is 327 cm³/mol. The third-order valence-corrected chi connectivity index (χ3v) is 16.8. The van der Waals surface area contributed by atoms with Crippen molar-refractivity contribution in [1.29, 1.82) is 5.41 Å². The molecule has 0 amide bonds. The second kappa shape index (κ2) is 18.3. The predicted octanol–water partition coefficient (Wildman–Crippen LogP) is 15.0. The summed E-state index contributed by atoms with van der Waals surface area (Å²) in [6.45, 7) is 17.4. The average molecular weight is 1050 g/mol. The van der Waals surface area contributed by atoms with Crippen molar-refractivity contribution in [3.05, 3.63) is 242 Å². The number of aliphatic imine (C=N–C) groups is 1. The smallest absolute Gasteiger partial charge is 0.197 e. The molecular weight excluding hydrogens is 985 g/mol. The van der Waals surface area contributed by atoms with Crippen LogP contribution in [-0.2, 0) is 16.4 Å². The summed E-state index contributed by atoms with van der Waals surface area (Å²) < 4.78 is 4.41. The van der Waals surface area contributed by atoms with E-state index >= 15 is 9.59 Å². The molecule has 12 aromatic rings. The fraction of sp³-hybridized carbons (Fsp3) is 0.186. The molecule has 80 heavy (non-hydrogen) atoms. The number of rotatable bonds is 7. The van der Waals surface area contributed by atoms with E-state index in [1.54, 1.807) is 0 Å². The van der Waals surface area contributed by atoms with E-state index in [4.69, 9.17) is 19.9 Å². The molecule has 0 saturated heterocycles. The fourth-order valence-electron chi connectivity index (χ4n) is 12.2. The number of benzene rings is 8. The van der Waals surface area contributed by atoms with Gasteiger partial charge in [0.15, 0.2) is 34.2 Å². The number of hydrogen-bond donors (Lipinski definition) is 1. The average Bonchev–Trinajstić information content (AvgIpc) is 4.02. The lowest BCUT2D eigenvalue weighted by molar-refractivity contribution is 0.147. The molecule has 0 radical (unpaired) electrons. The van der Waals surface area contributed by atoms with Gasteiger partial charge in [0.1, 0.15) is 5.84 Å². The number of nitrogens with zero attached hydrogens (tertiary/aromatic N) is 7. The maximum Gasteiger partial charge on any atom is 0.197 e. The van der Waals surface area contributed by atoms with Gasteiger partial charge in [-0.15, -0.1) is 0 Å². The first kappa shape index (κ1) is 50.1. The number of hydrogen-bond acceptors (Lipinski definition) is 6. The molecule has 392 valence electrons. The Bertz CT molecular complexity index is 4470. The minimum absolute atomic E-state index is 0.112. The monoisotopic (exact) mass is 1040 g/mol. The number of pyridine rings is 2. The maximum atomic E-state index is 15.7. The lowest BCUT2D eigenvalue weighted by atomic mass is 9.65. The van der Waals surface area contributed by atoms with Crippen LogP contribution in [0.2, 0.25) is 0 Å². The van der Waals surface area contributed by atoms with Crippen LogP contribution in [0.3, 0.4) is 0 Å². The molecule has 1 N–H and O–H groups in total. The van der Waals surface area contributed by atoms with Gasteiger partial charge in [-0.25, -0.2) is 19.9 Å². The van der Waals surface area contributed by atoms with Crippen LogP contribution in [0.5, 0.6) is 0 Å². The lowest BCUT2D eigenvalue weighted by Crippen LogP contribution is -2.55. The van der Waals surface area contributed by atoms with Crippen LogP contribution in [0.1, 0.15) is 94.8 Å². The zero-order valence-corrected chi connectivity index (χ0v) is 46.4. The zero-order chi connectivity index (χ0) is 55.6. The second-order valence-corrected chi connectivity index (χ2v) is 23.6. The molecule has 0 fully saturated rings. The van der Waals surface area contributed by atoms with Crippen molar-refractivity contribution in [3.8, 4) is 39.9 Å². The van der Waals surface area contributed by atoms with Crippen molar-refractivity contribution >= 4 is 60.7 Å². The van der Waals surface area contributed by atoms with E-state index < -0.39 is 5.54 Å². The Morgan fingerprint density at radius 1 is 0.550 bits per heavy atom. The van der Waals surface area contributed by atoms with Gasteiger partial charge in [0, 0.05) is 73.4 Å². The number of fused-ring (bicyclic) bond motifs is 7. The molecule has 8 aromatic carbocycles. The van der Waals surface area contributed by atoms with Crippen molar-refractivity contribution in [3.63, 3.8) is 0 Å². The molecule has 13 rings (SSSR count). The van der Waals surface area contributed by atoms with Crippen molar-refractivity contribution < 1.29 is 0 Å². The molecule has 0 aliphatic heterocycles. The lowest BCUT2D eigenvalue weighted by Gasteiger charge is -2.53. The fourth-order valence-corrected chi connectivity index (χ4v) is 12.2. The molecule has 1 aliphatic rings. The summed E-state index contributed by atoms with van der Waals surface area (Å²) in [7, 11) is 2.06. The van der Waals surface area contributed by atoms with Gasteiger partial charge in [-0.2, -0.15) is 0 Å². The normalized spacial score (nSPS) is 15.7. The van der Waals surface area contributed by atoms with Gasteiger partial charge in [-0.1, -0.05) is 194 Å². The quantitative estimate of drug-likeness (QED) is 0.0734. The maximum absolute atomic E-state index is 15.7. The van der Waals surface area contributed by atoms with Crippen LogP contribution in [0.4, 0.5) is 0 Å². The van der Waals surface area contributed by atoms with E-state index in [0.717, 1.165) is 66.6 Å². The van der Waals surface area contributed by atoms with Crippen molar-refractivity contribution in [2.45, 2.75) is 77.7 Å². The molecule has 2 atom stereocenters. The van der Waals surface area contributed by atoms with Gasteiger partial charge >= 0.3 is 0 Å². The summed E-state index contributed by atoms with van der Waals surface area (Å²) in [4.78, 5) is 54.6. The minimum atomic E-state index is -0.809. The standard InChI is InChI=1S/C70H60N8O2/c1-41-57-49-31-22-32-50(66-74-64(43-25-16-11-17-26-43)73-65(75-66)44-27-18-12-19-28-44)58(49)77(62(57)70(41,8)76(9)67(45-29-20-13-21-30-45)72-63(71)42-23-14-10-15-24-42)48-39-53-59-54(40-48)61(80)52-38-47(69(5,6)7)34-36-56(52)78(59)55-35-33-46(68(2,3)4)37-51(55)60(53)79/h10-41,71H,1-9H3/b71-63?,72-67-/t41-,70?/m1/s1. The topological polar surface area (TPSA) is 122 Å². The summed E-state index contributed by atoms with van der Waals surface area (Å²) in [6, 6.07) is 62.3. The number of para-hydroxylation sites is 1. The zero-order valence-electron chi connectivity index (χ0n) is 46.4. The van der Waals surface area contributed by atoms with E-state index in [0.29, 0.717) is 61.6 Å². The van der Waals surface area contributed by atoms with Gasteiger partial charge < -0.3 is 13.9 Å². The van der Waals surface area contributed by atoms with E-state index in [1.807, 2.05) is 158 Å². The SMILES string of the molecule is C[C@@H]1c2c(n(-c3cc4c(=O)c5cc(C(C)(C)C)ccc5n5c6ccc(C(C)(C)C)cc6c(=O)c(c3)c45)c3c(-c4nc(-c5ccccc5)nc(-c5ccccc5)n4)cccc23)C1(C)N(C)/C(=N\C(=N)c1ccccc1)c1ccccc1. The van der Waals surface area contributed by atoms with Crippen molar-refractivity contribution in [2.75, 3.05) is 7.05 Å². The van der Waals surface area contributed by atoms with Crippen LogP contribution in [0, 0.1) is 5.41 Å². The molecular formula is C70H60N8O2. The molecule has 4 heterocycles. The van der Waals surface area contributed by atoms with E-state index in [9.17, 15) is 5.41 Å². The van der Waals surface area contributed by atoms with Crippen LogP contribution >= 0.6 is 0 Å². The Balaban J connectivity index is 1.17. The Morgan fingerprint density at radius 3 is 1.52 bits per heavy atom. The number of aromatic nitrogens is 5. The molecule has 1 aliphatic carbocycles. The summed E-state index contributed by atoms with van der Waals surface area (Å²) >= 11 is 0. The van der Waals surface area contributed by atoms with Gasteiger partial charge in [0.25, 0.3) is 0 Å². The van der Waals surface area contributed by atoms with Gasteiger partial charge in [-0.05, 0) is 76.9 Å². The van der Waals surface area contributed by atoms with Crippen LogP contribution in [0.25, 0.3) is 88.8 Å². The molecule has 10 heteroatoms. The molecule has 4 aromatic heterocycles. The Hall–Kier alpha value is -9.41. The Kier molecular flexibility index (Phi) is 11.5. The Morgan fingerprint density at radius 2 is 1.02 bits per heavy atom. The van der Waals surface area contributed by atoms with E-state index in [1.165, 1.54) is 0 Å². The first-order valence-electron chi connectivity index (χ1n) is 27.4. The highest BCUT2D eigenvalue weighted by atomic mass is 16.1. The summed E-state index contributed by atoms with van der Waals surface area (Å²) in [5.41, 5.74) is 10.1. The molecule has 10 nitrogen and oxygen atoms in total. The molecule has 0 bridgehead atoms. The van der Waals surface area contributed by atoms with Gasteiger partial charge in [0.05, 0.1) is 33.3 Å².